The minimum atomic E-state index is 0.160. The van der Waals surface area contributed by atoms with Crippen LogP contribution in [0.3, 0.4) is 0 Å². The first-order valence-corrected chi connectivity index (χ1v) is 10.3. The monoisotopic (exact) mass is 394 g/mol. The van der Waals surface area contributed by atoms with E-state index in [0.717, 1.165) is 48.8 Å². The summed E-state index contributed by atoms with van der Waals surface area (Å²) < 4.78 is 7.27. The molecule has 6 nitrogen and oxygen atoms in total. The molecule has 0 spiro atoms. The van der Waals surface area contributed by atoms with Crippen molar-refractivity contribution in [1.82, 2.24) is 19.7 Å². The van der Waals surface area contributed by atoms with E-state index in [9.17, 15) is 4.79 Å². The summed E-state index contributed by atoms with van der Waals surface area (Å²) in [5.74, 6) is 2.06. The van der Waals surface area contributed by atoms with Crippen LogP contribution in [-0.4, -0.2) is 51.5 Å². The number of thioether (sulfide) groups is 1. The van der Waals surface area contributed by atoms with E-state index in [0.29, 0.717) is 10.9 Å². The number of carbonyl (C=O) groups is 1. The molecule has 0 N–H and O–H groups in total. The van der Waals surface area contributed by atoms with Crippen LogP contribution in [-0.2, 0) is 4.79 Å². The third-order valence-corrected chi connectivity index (χ3v) is 5.69. The number of nitrogens with zero attached hydrogens (tertiary/aromatic N) is 4. The zero-order valence-electron chi connectivity index (χ0n) is 15.7. The molecule has 1 aliphatic rings. The van der Waals surface area contributed by atoms with Crippen molar-refractivity contribution in [1.29, 1.82) is 0 Å². The lowest BCUT2D eigenvalue weighted by molar-refractivity contribution is -0.127. The molecule has 1 fully saturated rings. The summed E-state index contributed by atoms with van der Waals surface area (Å²) in [4.78, 5) is 14.4. The van der Waals surface area contributed by atoms with Crippen molar-refractivity contribution < 1.29 is 9.53 Å². The lowest BCUT2D eigenvalue weighted by Crippen LogP contribution is -2.29. The fourth-order valence-electron chi connectivity index (χ4n) is 3.29. The lowest BCUT2D eigenvalue weighted by atomic mass is 10.2. The normalized spacial score (nSPS) is 13.7. The van der Waals surface area contributed by atoms with E-state index in [1.807, 2.05) is 64.1 Å². The van der Waals surface area contributed by atoms with E-state index in [-0.39, 0.29) is 5.91 Å². The molecule has 4 rings (SSSR count). The molecule has 1 amide bonds. The number of benzene rings is 2. The number of amides is 1. The molecular formula is C21H22N4O2S. The Morgan fingerprint density at radius 2 is 1.75 bits per heavy atom. The first kappa shape index (κ1) is 18.6. The molecule has 28 heavy (non-hydrogen) atoms. The number of carbonyl (C=O) groups excluding carboxylic acids is 1. The first-order chi connectivity index (χ1) is 13.8. The summed E-state index contributed by atoms with van der Waals surface area (Å²) in [6, 6.07) is 17.7. The highest BCUT2D eigenvalue weighted by Crippen LogP contribution is 2.29. The maximum atomic E-state index is 12.5. The summed E-state index contributed by atoms with van der Waals surface area (Å²) in [6.45, 7) is 1.72. The van der Waals surface area contributed by atoms with E-state index < -0.39 is 0 Å². The molecule has 2 aromatic carbocycles. The van der Waals surface area contributed by atoms with Gasteiger partial charge in [0.25, 0.3) is 0 Å². The third-order valence-electron chi connectivity index (χ3n) is 4.78. The van der Waals surface area contributed by atoms with Crippen molar-refractivity contribution in [3.63, 3.8) is 0 Å². The van der Waals surface area contributed by atoms with Crippen molar-refractivity contribution in [3.8, 4) is 22.8 Å². The predicted molar refractivity (Wildman–Crippen MR) is 110 cm³/mol. The van der Waals surface area contributed by atoms with E-state index >= 15 is 0 Å². The Balaban J connectivity index is 1.65. The Hall–Kier alpha value is -2.80. The van der Waals surface area contributed by atoms with E-state index in [1.165, 1.54) is 11.8 Å². The number of likely N-dealkylation sites (tertiary alicyclic amines) is 1. The van der Waals surface area contributed by atoms with Crippen LogP contribution >= 0.6 is 11.8 Å². The van der Waals surface area contributed by atoms with Crippen LogP contribution in [0, 0.1) is 0 Å². The quantitative estimate of drug-likeness (QED) is 0.597. The summed E-state index contributed by atoms with van der Waals surface area (Å²) in [6.07, 6.45) is 2.19. The lowest BCUT2D eigenvalue weighted by Gasteiger charge is -2.15. The standard InChI is InChI=1S/C21H22N4O2S/c1-27-18-11-9-17(10-12-18)25-20(16-7-3-2-4-8-16)22-23-21(25)28-15-19(26)24-13-5-6-14-24/h2-4,7-12H,5-6,13-15H2,1H3. The second-order valence-corrected chi connectivity index (χ2v) is 7.52. The van der Waals surface area contributed by atoms with Crippen molar-refractivity contribution in [2.75, 3.05) is 26.0 Å². The molecular weight excluding hydrogens is 372 g/mol. The maximum Gasteiger partial charge on any atom is 0.233 e. The van der Waals surface area contributed by atoms with Crippen molar-refractivity contribution in [3.05, 3.63) is 54.6 Å². The molecule has 7 heteroatoms. The maximum absolute atomic E-state index is 12.5. The van der Waals surface area contributed by atoms with Gasteiger partial charge in [0.2, 0.25) is 5.91 Å². The van der Waals surface area contributed by atoms with Crippen molar-refractivity contribution in [2.45, 2.75) is 18.0 Å². The average Bonchev–Trinajstić information content (AvgIpc) is 3.43. The van der Waals surface area contributed by atoms with Crippen LogP contribution in [0.5, 0.6) is 5.75 Å². The van der Waals surface area contributed by atoms with Gasteiger partial charge in [0.15, 0.2) is 11.0 Å². The average molecular weight is 394 g/mol. The second kappa shape index (κ2) is 8.48. The summed E-state index contributed by atoms with van der Waals surface area (Å²) >= 11 is 1.43. The van der Waals surface area contributed by atoms with Gasteiger partial charge in [0.05, 0.1) is 12.9 Å². The summed E-state index contributed by atoms with van der Waals surface area (Å²) in [5, 5.41) is 9.51. The predicted octanol–water partition coefficient (Wildman–Crippen LogP) is 3.66. The highest BCUT2D eigenvalue weighted by atomic mass is 32.2. The molecule has 2 heterocycles. The number of methoxy groups -OCH3 is 1. The van der Waals surface area contributed by atoms with Crippen LogP contribution < -0.4 is 4.74 Å². The Labute approximate surface area is 168 Å². The first-order valence-electron chi connectivity index (χ1n) is 9.32. The van der Waals surface area contributed by atoms with Gasteiger partial charge < -0.3 is 9.64 Å². The number of rotatable bonds is 6. The Morgan fingerprint density at radius 3 is 2.43 bits per heavy atom. The number of hydrogen-bond donors (Lipinski definition) is 0. The molecule has 3 aromatic rings. The summed E-state index contributed by atoms with van der Waals surface area (Å²) in [5.41, 5.74) is 1.91. The fraction of sp³-hybridized carbons (Fsp3) is 0.286. The Morgan fingerprint density at radius 1 is 1.04 bits per heavy atom. The molecule has 1 aromatic heterocycles. The smallest absolute Gasteiger partial charge is 0.233 e. The van der Waals surface area contributed by atoms with Gasteiger partial charge in [-0.2, -0.15) is 0 Å². The van der Waals surface area contributed by atoms with E-state index in [2.05, 4.69) is 10.2 Å². The Kier molecular flexibility index (Phi) is 5.62. The van der Waals surface area contributed by atoms with Gasteiger partial charge >= 0.3 is 0 Å². The van der Waals surface area contributed by atoms with Gasteiger partial charge in [-0.05, 0) is 37.1 Å². The van der Waals surface area contributed by atoms with Gasteiger partial charge in [0, 0.05) is 24.3 Å². The molecule has 0 aliphatic carbocycles. The van der Waals surface area contributed by atoms with Gasteiger partial charge in [-0.3, -0.25) is 9.36 Å². The van der Waals surface area contributed by atoms with Crippen LogP contribution in [0.1, 0.15) is 12.8 Å². The van der Waals surface area contributed by atoms with Crippen LogP contribution in [0.25, 0.3) is 17.1 Å². The highest BCUT2D eigenvalue weighted by molar-refractivity contribution is 7.99. The fourth-order valence-corrected chi connectivity index (χ4v) is 4.14. The molecule has 144 valence electrons. The van der Waals surface area contributed by atoms with Gasteiger partial charge in [-0.15, -0.1) is 10.2 Å². The SMILES string of the molecule is COc1ccc(-n2c(SCC(=O)N3CCCC3)nnc2-c2ccccc2)cc1. The second-order valence-electron chi connectivity index (χ2n) is 6.58. The van der Waals surface area contributed by atoms with Gasteiger partial charge in [0.1, 0.15) is 5.75 Å². The molecule has 0 atom stereocenters. The molecule has 0 radical (unpaired) electrons. The minimum absolute atomic E-state index is 0.160. The summed E-state index contributed by atoms with van der Waals surface area (Å²) in [7, 11) is 1.65. The zero-order chi connectivity index (χ0) is 19.3. The molecule has 0 saturated carbocycles. The Bertz CT molecular complexity index is 935. The molecule has 0 bridgehead atoms. The van der Waals surface area contributed by atoms with Crippen molar-refractivity contribution >= 4 is 17.7 Å². The van der Waals surface area contributed by atoms with Gasteiger partial charge in [-0.1, -0.05) is 42.1 Å². The van der Waals surface area contributed by atoms with Crippen molar-refractivity contribution in [2.24, 2.45) is 0 Å². The number of aromatic nitrogens is 3. The molecule has 0 unspecified atom stereocenters. The zero-order valence-corrected chi connectivity index (χ0v) is 16.6. The van der Waals surface area contributed by atoms with Crippen LogP contribution in [0.2, 0.25) is 0 Å². The third kappa shape index (κ3) is 3.89. The molecule has 1 aliphatic heterocycles. The molecule has 1 saturated heterocycles. The topological polar surface area (TPSA) is 60.2 Å². The van der Waals surface area contributed by atoms with Crippen LogP contribution in [0.4, 0.5) is 0 Å². The number of hydrogen-bond acceptors (Lipinski definition) is 5. The van der Waals surface area contributed by atoms with Gasteiger partial charge in [-0.25, -0.2) is 0 Å². The largest absolute Gasteiger partial charge is 0.497 e. The van der Waals surface area contributed by atoms with E-state index in [1.54, 1.807) is 7.11 Å². The van der Waals surface area contributed by atoms with Crippen LogP contribution in [0.15, 0.2) is 59.8 Å². The van der Waals surface area contributed by atoms with E-state index in [4.69, 9.17) is 4.74 Å². The number of ether oxygens (including phenoxy) is 1. The minimum Gasteiger partial charge on any atom is -0.497 e. The highest BCUT2D eigenvalue weighted by Gasteiger charge is 2.21.